The number of benzene rings is 4. The number of furan rings is 1. The minimum Gasteiger partial charge on any atom is -0.456 e. The molecule has 0 aliphatic heterocycles. The summed E-state index contributed by atoms with van der Waals surface area (Å²) < 4.78 is 11.7. The average Bonchev–Trinajstić information content (AvgIpc) is 3.46. The highest BCUT2D eigenvalue weighted by molar-refractivity contribution is 7.99. The second kappa shape index (κ2) is 8.68. The first-order valence-corrected chi connectivity index (χ1v) is 11.8. The van der Waals surface area contributed by atoms with Gasteiger partial charge in [0.05, 0.1) is 12.2 Å². The van der Waals surface area contributed by atoms with Gasteiger partial charge in [0.1, 0.15) is 11.2 Å². The first kappa shape index (κ1) is 20.5. The Morgan fingerprint density at radius 3 is 2.53 bits per heavy atom. The van der Waals surface area contributed by atoms with E-state index in [0.29, 0.717) is 23.2 Å². The Morgan fingerprint density at radius 1 is 0.794 bits per heavy atom. The molecule has 6 rings (SSSR count). The minimum atomic E-state index is -0.158. The summed E-state index contributed by atoms with van der Waals surface area (Å²) in [5, 5.41) is 15.9. The maximum atomic E-state index is 12.5. The number of hydrogen-bond acceptors (Lipinski definition) is 6. The topological polar surface area (TPSA) is 81.2 Å². The summed E-state index contributed by atoms with van der Waals surface area (Å²) >= 11 is 1.21. The van der Waals surface area contributed by atoms with Crippen LogP contribution in [0, 0.1) is 0 Å². The maximum Gasteiger partial charge on any atom is 0.277 e. The van der Waals surface area contributed by atoms with Crippen molar-refractivity contribution < 1.29 is 13.6 Å². The SMILES string of the molecule is O=C(CSc1nnc(Cc2cccc3ccccc23)o1)Nc1ccc2c(c1)oc1ccccc12. The maximum absolute atomic E-state index is 12.5. The van der Waals surface area contributed by atoms with Gasteiger partial charge >= 0.3 is 0 Å². The number of para-hydroxylation sites is 1. The van der Waals surface area contributed by atoms with Gasteiger partial charge < -0.3 is 14.2 Å². The van der Waals surface area contributed by atoms with Gasteiger partial charge in [-0.25, -0.2) is 0 Å². The van der Waals surface area contributed by atoms with Crippen LogP contribution in [-0.2, 0) is 11.2 Å². The van der Waals surface area contributed by atoms with Crippen molar-refractivity contribution in [3.8, 4) is 0 Å². The number of rotatable bonds is 6. The highest BCUT2D eigenvalue weighted by Gasteiger charge is 2.13. The van der Waals surface area contributed by atoms with Crippen LogP contribution in [-0.4, -0.2) is 21.9 Å². The summed E-state index contributed by atoms with van der Waals surface area (Å²) in [4.78, 5) is 12.5. The summed E-state index contributed by atoms with van der Waals surface area (Å²) in [6, 6.07) is 27.9. The molecule has 0 unspecified atom stereocenters. The van der Waals surface area contributed by atoms with E-state index in [1.165, 1.54) is 22.5 Å². The minimum absolute atomic E-state index is 0.158. The Kier molecular flexibility index (Phi) is 5.24. The molecule has 2 aromatic heterocycles. The van der Waals surface area contributed by atoms with Gasteiger partial charge in [0.25, 0.3) is 5.22 Å². The van der Waals surface area contributed by atoms with Crippen molar-refractivity contribution in [1.29, 1.82) is 0 Å². The molecule has 0 saturated heterocycles. The van der Waals surface area contributed by atoms with Crippen LogP contribution in [0.5, 0.6) is 0 Å². The fourth-order valence-electron chi connectivity index (χ4n) is 4.11. The van der Waals surface area contributed by atoms with Gasteiger partial charge in [-0.05, 0) is 34.5 Å². The summed E-state index contributed by atoms with van der Waals surface area (Å²) in [5.74, 6) is 0.525. The van der Waals surface area contributed by atoms with E-state index in [9.17, 15) is 4.79 Å². The van der Waals surface area contributed by atoms with E-state index >= 15 is 0 Å². The van der Waals surface area contributed by atoms with Crippen molar-refractivity contribution in [3.63, 3.8) is 0 Å². The largest absolute Gasteiger partial charge is 0.456 e. The molecule has 0 aliphatic carbocycles. The third-order valence-electron chi connectivity index (χ3n) is 5.66. The van der Waals surface area contributed by atoms with Gasteiger partial charge in [-0.3, -0.25) is 4.79 Å². The van der Waals surface area contributed by atoms with Crippen molar-refractivity contribution in [2.24, 2.45) is 0 Å². The highest BCUT2D eigenvalue weighted by Crippen LogP contribution is 2.30. The Morgan fingerprint density at radius 2 is 1.59 bits per heavy atom. The van der Waals surface area contributed by atoms with E-state index in [-0.39, 0.29) is 11.7 Å². The molecule has 0 saturated carbocycles. The van der Waals surface area contributed by atoms with E-state index in [0.717, 1.165) is 27.5 Å². The Bertz CT molecular complexity index is 1650. The van der Waals surface area contributed by atoms with Gasteiger partial charge in [-0.1, -0.05) is 72.4 Å². The molecule has 0 radical (unpaired) electrons. The standard InChI is InChI=1S/C27H19N3O3S/c31-25(28-19-12-13-22-21-10-3-4-11-23(21)32-24(22)15-19)16-34-27-30-29-26(33-27)14-18-8-5-7-17-6-1-2-9-20(17)18/h1-13,15H,14,16H2,(H,28,31). The number of carbonyl (C=O) groups is 1. The smallest absolute Gasteiger partial charge is 0.277 e. The Labute approximate surface area is 199 Å². The monoisotopic (exact) mass is 465 g/mol. The molecule has 6 nitrogen and oxygen atoms in total. The molecule has 0 aliphatic rings. The summed E-state index contributed by atoms with van der Waals surface area (Å²) in [7, 11) is 0. The van der Waals surface area contributed by atoms with Crippen molar-refractivity contribution in [2.75, 3.05) is 11.1 Å². The van der Waals surface area contributed by atoms with Crippen LogP contribution >= 0.6 is 11.8 Å². The fourth-order valence-corrected chi connectivity index (χ4v) is 4.69. The zero-order chi connectivity index (χ0) is 22.9. The van der Waals surface area contributed by atoms with Crippen molar-refractivity contribution in [3.05, 3.63) is 96.4 Å². The highest BCUT2D eigenvalue weighted by atomic mass is 32.2. The predicted octanol–water partition coefficient (Wildman–Crippen LogP) is 6.44. The average molecular weight is 466 g/mol. The van der Waals surface area contributed by atoms with Crippen LogP contribution in [0.4, 0.5) is 5.69 Å². The first-order valence-electron chi connectivity index (χ1n) is 10.9. The van der Waals surface area contributed by atoms with Crippen LogP contribution in [0.1, 0.15) is 11.5 Å². The van der Waals surface area contributed by atoms with Gasteiger partial charge in [0.2, 0.25) is 11.8 Å². The molecular weight excluding hydrogens is 446 g/mol. The fraction of sp³-hybridized carbons (Fsp3) is 0.0741. The number of nitrogens with one attached hydrogen (secondary N) is 1. The number of aromatic nitrogens is 2. The van der Waals surface area contributed by atoms with Crippen molar-refractivity contribution in [2.45, 2.75) is 11.6 Å². The van der Waals surface area contributed by atoms with Crippen LogP contribution in [0.2, 0.25) is 0 Å². The molecule has 4 aromatic carbocycles. The van der Waals surface area contributed by atoms with Crippen LogP contribution in [0.15, 0.2) is 99.0 Å². The summed E-state index contributed by atoms with van der Waals surface area (Å²) in [6.07, 6.45) is 0.540. The molecule has 34 heavy (non-hydrogen) atoms. The first-order chi connectivity index (χ1) is 16.7. The third-order valence-corrected chi connectivity index (χ3v) is 6.48. The predicted molar refractivity (Wildman–Crippen MR) is 134 cm³/mol. The molecule has 0 atom stereocenters. The molecule has 1 amide bonds. The van der Waals surface area contributed by atoms with E-state index in [1.54, 1.807) is 0 Å². The van der Waals surface area contributed by atoms with E-state index in [2.05, 4.69) is 39.8 Å². The number of fused-ring (bicyclic) bond motifs is 4. The number of amides is 1. The number of anilines is 1. The summed E-state index contributed by atoms with van der Waals surface area (Å²) in [5.41, 5.74) is 3.37. The molecule has 166 valence electrons. The normalized spacial score (nSPS) is 11.4. The summed E-state index contributed by atoms with van der Waals surface area (Å²) in [6.45, 7) is 0. The van der Waals surface area contributed by atoms with Gasteiger partial charge in [-0.2, -0.15) is 0 Å². The second-order valence-corrected chi connectivity index (χ2v) is 8.85. The second-order valence-electron chi connectivity index (χ2n) is 7.92. The zero-order valence-corrected chi connectivity index (χ0v) is 18.8. The van der Waals surface area contributed by atoms with Gasteiger partial charge in [-0.15, -0.1) is 10.2 Å². The lowest BCUT2D eigenvalue weighted by Crippen LogP contribution is -2.13. The molecule has 0 fully saturated rings. The van der Waals surface area contributed by atoms with Crippen LogP contribution in [0.25, 0.3) is 32.7 Å². The quantitative estimate of drug-likeness (QED) is 0.285. The Hall–Kier alpha value is -4.10. The van der Waals surface area contributed by atoms with E-state index in [1.807, 2.05) is 60.7 Å². The van der Waals surface area contributed by atoms with E-state index < -0.39 is 0 Å². The molecular formula is C27H19N3O3S. The Balaban J connectivity index is 1.10. The molecule has 2 heterocycles. The van der Waals surface area contributed by atoms with Gasteiger partial charge in [0, 0.05) is 22.5 Å². The number of thioether (sulfide) groups is 1. The lowest BCUT2D eigenvalue weighted by atomic mass is 10.0. The molecule has 1 N–H and O–H groups in total. The lowest BCUT2D eigenvalue weighted by Gasteiger charge is -2.04. The van der Waals surface area contributed by atoms with E-state index in [4.69, 9.17) is 8.83 Å². The number of hydrogen-bond donors (Lipinski definition) is 1. The zero-order valence-electron chi connectivity index (χ0n) is 18.0. The lowest BCUT2D eigenvalue weighted by molar-refractivity contribution is -0.113. The van der Waals surface area contributed by atoms with Gasteiger partial charge in [0.15, 0.2) is 0 Å². The van der Waals surface area contributed by atoms with Crippen molar-refractivity contribution >= 4 is 56.1 Å². The van der Waals surface area contributed by atoms with Crippen LogP contribution in [0.3, 0.4) is 0 Å². The molecule has 6 aromatic rings. The molecule has 0 bridgehead atoms. The molecule has 0 spiro atoms. The van der Waals surface area contributed by atoms with Crippen molar-refractivity contribution in [1.82, 2.24) is 10.2 Å². The number of nitrogens with zero attached hydrogens (tertiary/aromatic N) is 2. The number of carbonyl (C=O) groups excluding carboxylic acids is 1. The third kappa shape index (κ3) is 4.02. The molecule has 7 heteroatoms. The van der Waals surface area contributed by atoms with Crippen LogP contribution < -0.4 is 5.32 Å².